The smallest absolute Gasteiger partial charge is 0.192 e. The summed E-state index contributed by atoms with van der Waals surface area (Å²) < 4.78 is 25.9. The summed E-state index contributed by atoms with van der Waals surface area (Å²) in [7, 11) is -2.00. The van der Waals surface area contributed by atoms with Crippen LogP contribution in [0.4, 0.5) is 0 Å². The van der Waals surface area contributed by atoms with Gasteiger partial charge in [-0.15, -0.1) is 0 Å². The number of aliphatic hydroxyl groups excluding tert-OH is 1. The lowest BCUT2D eigenvalue weighted by Crippen LogP contribution is -2.48. The molecule has 2 saturated heterocycles. The Hall–Kier alpha value is -0.763. The molecule has 2 aliphatic heterocycles. The molecule has 2 fully saturated rings. The summed E-state index contributed by atoms with van der Waals surface area (Å²) in [4.78, 5) is 0. The van der Waals surface area contributed by atoms with E-state index in [0.29, 0.717) is 18.9 Å². The Morgan fingerprint density at radius 2 is 1.72 bits per heavy atom. The number of benzene rings is 1. The first-order valence-corrected chi connectivity index (χ1v) is 15.1. The number of hydrogen-bond donors (Lipinski definition) is 1. The molecule has 32 heavy (non-hydrogen) atoms. The van der Waals surface area contributed by atoms with Crippen LogP contribution in [0.1, 0.15) is 59.9 Å². The van der Waals surface area contributed by atoms with Crippen molar-refractivity contribution in [3.8, 4) is 0 Å². The molecule has 5 nitrogen and oxygen atoms in total. The standard InChI is InChI=1S/C26H44O5Si/c1-17(2)21-14-20(27)25(29-21)22-15-23(31-32(7,8)26(4,5)6)24(30-22)18(3)28-16-19-12-10-9-11-13-19/h9-13,17-18,20-25,27H,14-16H2,1-8H3/t18-,20-,21+,22+,23-,24+,25-/m0/s1. The predicted molar refractivity (Wildman–Crippen MR) is 130 cm³/mol. The minimum absolute atomic E-state index is 0.0689. The van der Waals surface area contributed by atoms with Crippen LogP contribution in [0.25, 0.3) is 0 Å². The molecular formula is C26H44O5Si. The van der Waals surface area contributed by atoms with Crippen LogP contribution < -0.4 is 0 Å². The quantitative estimate of drug-likeness (QED) is 0.528. The van der Waals surface area contributed by atoms with Gasteiger partial charge in [-0.05, 0) is 36.5 Å². The van der Waals surface area contributed by atoms with Gasteiger partial charge in [0.1, 0.15) is 12.2 Å². The molecule has 0 aliphatic carbocycles. The molecule has 0 aromatic heterocycles. The number of ether oxygens (including phenoxy) is 3. The zero-order chi connectivity index (χ0) is 23.7. The van der Waals surface area contributed by atoms with Gasteiger partial charge in [0.25, 0.3) is 0 Å². The number of aliphatic hydroxyl groups is 1. The summed E-state index contributed by atoms with van der Waals surface area (Å²) in [5.74, 6) is 0.374. The highest BCUT2D eigenvalue weighted by molar-refractivity contribution is 6.74. The van der Waals surface area contributed by atoms with Crippen molar-refractivity contribution in [1.29, 1.82) is 0 Å². The first kappa shape index (κ1) is 25.9. The van der Waals surface area contributed by atoms with Crippen molar-refractivity contribution >= 4 is 8.32 Å². The van der Waals surface area contributed by atoms with Crippen LogP contribution in [0.2, 0.25) is 18.1 Å². The summed E-state index contributed by atoms with van der Waals surface area (Å²) in [6, 6.07) is 10.2. The van der Waals surface area contributed by atoms with E-state index in [4.69, 9.17) is 18.6 Å². The van der Waals surface area contributed by atoms with Gasteiger partial charge >= 0.3 is 0 Å². The van der Waals surface area contributed by atoms with Crippen LogP contribution in [0.5, 0.6) is 0 Å². The lowest BCUT2D eigenvalue weighted by atomic mass is 9.99. The Balaban J connectivity index is 1.73. The van der Waals surface area contributed by atoms with E-state index < -0.39 is 14.4 Å². The van der Waals surface area contributed by atoms with Gasteiger partial charge in [0.2, 0.25) is 0 Å². The van der Waals surface area contributed by atoms with E-state index in [-0.39, 0.29) is 41.7 Å². The van der Waals surface area contributed by atoms with Gasteiger partial charge in [0.15, 0.2) is 8.32 Å². The van der Waals surface area contributed by atoms with Crippen LogP contribution in [0.15, 0.2) is 30.3 Å². The van der Waals surface area contributed by atoms with Crippen LogP contribution in [0.3, 0.4) is 0 Å². The van der Waals surface area contributed by atoms with Crippen molar-refractivity contribution in [1.82, 2.24) is 0 Å². The maximum absolute atomic E-state index is 10.7. The normalized spacial score (nSPS) is 32.6. The second kappa shape index (κ2) is 10.2. The molecule has 0 amide bonds. The number of rotatable bonds is 8. The van der Waals surface area contributed by atoms with E-state index >= 15 is 0 Å². The maximum atomic E-state index is 10.7. The molecule has 182 valence electrons. The first-order valence-electron chi connectivity index (χ1n) is 12.2. The Labute approximate surface area is 195 Å². The largest absolute Gasteiger partial charge is 0.411 e. The van der Waals surface area contributed by atoms with Crippen molar-refractivity contribution < 1.29 is 23.7 Å². The van der Waals surface area contributed by atoms with Crippen molar-refractivity contribution in [3.63, 3.8) is 0 Å². The lowest BCUT2D eigenvalue weighted by Gasteiger charge is -2.40. The number of hydrogen-bond acceptors (Lipinski definition) is 5. The molecule has 7 atom stereocenters. The van der Waals surface area contributed by atoms with E-state index in [1.807, 2.05) is 18.2 Å². The second-order valence-electron chi connectivity index (χ2n) is 11.5. The summed E-state index contributed by atoms with van der Waals surface area (Å²) in [6.07, 6.45) is 0.0882. The van der Waals surface area contributed by atoms with Gasteiger partial charge < -0.3 is 23.7 Å². The fourth-order valence-corrected chi connectivity index (χ4v) is 5.73. The lowest BCUT2D eigenvalue weighted by molar-refractivity contribution is -0.130. The molecule has 0 unspecified atom stereocenters. The molecular weight excluding hydrogens is 420 g/mol. The minimum atomic E-state index is -2.00. The van der Waals surface area contributed by atoms with Gasteiger partial charge in [-0.2, -0.15) is 0 Å². The average Bonchev–Trinajstić information content (AvgIpc) is 3.29. The summed E-state index contributed by atoms with van der Waals surface area (Å²) in [5.41, 5.74) is 1.14. The van der Waals surface area contributed by atoms with E-state index in [1.54, 1.807) is 0 Å². The summed E-state index contributed by atoms with van der Waals surface area (Å²) in [6.45, 7) is 18.2. The molecule has 6 heteroatoms. The monoisotopic (exact) mass is 464 g/mol. The van der Waals surface area contributed by atoms with E-state index in [0.717, 1.165) is 12.0 Å². The zero-order valence-corrected chi connectivity index (χ0v) is 22.2. The molecule has 2 heterocycles. The second-order valence-corrected chi connectivity index (χ2v) is 16.2. The molecule has 1 aromatic carbocycles. The average molecular weight is 465 g/mol. The van der Waals surface area contributed by atoms with Gasteiger partial charge in [0, 0.05) is 12.8 Å². The minimum Gasteiger partial charge on any atom is -0.411 e. The summed E-state index contributed by atoms with van der Waals surface area (Å²) >= 11 is 0. The highest BCUT2D eigenvalue weighted by Gasteiger charge is 2.51. The predicted octanol–water partition coefficient (Wildman–Crippen LogP) is 5.31. The van der Waals surface area contributed by atoms with Crippen molar-refractivity contribution in [2.45, 2.75) is 122 Å². The van der Waals surface area contributed by atoms with Gasteiger partial charge in [-0.25, -0.2) is 0 Å². The van der Waals surface area contributed by atoms with Crippen molar-refractivity contribution in [2.24, 2.45) is 5.92 Å². The third-order valence-corrected chi connectivity index (χ3v) is 12.0. The third-order valence-electron chi connectivity index (χ3n) is 7.53. The third kappa shape index (κ3) is 6.02. The molecule has 1 N–H and O–H groups in total. The Morgan fingerprint density at radius 1 is 1.06 bits per heavy atom. The fourth-order valence-electron chi connectivity index (χ4n) is 4.38. The van der Waals surface area contributed by atoms with Crippen LogP contribution in [-0.4, -0.2) is 56.2 Å². The summed E-state index contributed by atoms with van der Waals surface area (Å²) in [5, 5.41) is 10.8. The first-order chi connectivity index (χ1) is 14.9. The molecule has 0 saturated carbocycles. The van der Waals surface area contributed by atoms with E-state index in [2.05, 4.69) is 66.8 Å². The van der Waals surface area contributed by atoms with Crippen molar-refractivity contribution in [3.05, 3.63) is 35.9 Å². The zero-order valence-electron chi connectivity index (χ0n) is 21.2. The van der Waals surface area contributed by atoms with Gasteiger partial charge in [0.05, 0.1) is 37.1 Å². The maximum Gasteiger partial charge on any atom is 0.192 e. The molecule has 0 spiro atoms. The Morgan fingerprint density at radius 3 is 2.28 bits per heavy atom. The molecule has 2 aliphatic rings. The fraction of sp³-hybridized carbons (Fsp3) is 0.769. The van der Waals surface area contributed by atoms with E-state index in [1.165, 1.54) is 0 Å². The molecule has 1 aromatic rings. The SMILES string of the molecule is CC(C)[C@H]1C[C@H](O)[C@@H]([C@H]2C[C@H](O[Si](C)(C)C(C)(C)C)[C@@H]([C@H](C)OCc3ccccc3)O2)O1. The molecule has 0 bridgehead atoms. The molecule has 0 radical (unpaired) electrons. The highest BCUT2D eigenvalue weighted by Crippen LogP contribution is 2.42. The Kier molecular flexibility index (Phi) is 8.27. The van der Waals surface area contributed by atoms with Crippen LogP contribution >= 0.6 is 0 Å². The topological polar surface area (TPSA) is 57.2 Å². The van der Waals surface area contributed by atoms with Crippen LogP contribution in [0, 0.1) is 5.92 Å². The Bertz CT molecular complexity index is 717. The molecule has 3 rings (SSSR count). The van der Waals surface area contributed by atoms with Gasteiger partial charge in [-0.1, -0.05) is 65.0 Å². The van der Waals surface area contributed by atoms with Gasteiger partial charge in [-0.3, -0.25) is 0 Å². The highest BCUT2D eigenvalue weighted by atomic mass is 28.4. The van der Waals surface area contributed by atoms with E-state index in [9.17, 15) is 5.11 Å². The van der Waals surface area contributed by atoms with Crippen LogP contribution in [-0.2, 0) is 25.2 Å². The van der Waals surface area contributed by atoms with Crippen molar-refractivity contribution in [2.75, 3.05) is 0 Å².